The molecule has 178 valence electrons. The molecule has 3 aromatic carbocycles. The first-order valence-corrected chi connectivity index (χ1v) is 12.0. The molecule has 4 atom stereocenters. The van der Waals surface area contributed by atoms with Gasteiger partial charge < -0.3 is 24.4 Å². The lowest BCUT2D eigenvalue weighted by Gasteiger charge is -2.41. The lowest BCUT2D eigenvalue weighted by atomic mass is 9.80. The fraction of sp³-hybridized carbons (Fsp3) is 0.276. The summed E-state index contributed by atoms with van der Waals surface area (Å²) in [5.41, 5.74) is 2.96. The Balaban J connectivity index is 1.34. The van der Waals surface area contributed by atoms with Crippen LogP contribution in [0.4, 0.5) is 0 Å². The van der Waals surface area contributed by atoms with Gasteiger partial charge in [-0.25, -0.2) is 0 Å². The van der Waals surface area contributed by atoms with E-state index in [1.54, 1.807) is 6.92 Å². The summed E-state index contributed by atoms with van der Waals surface area (Å²) in [7, 11) is 0. The van der Waals surface area contributed by atoms with Crippen molar-refractivity contribution in [2.45, 2.75) is 43.7 Å². The van der Waals surface area contributed by atoms with Crippen LogP contribution >= 0.6 is 0 Å². The van der Waals surface area contributed by atoms with Crippen LogP contribution in [0, 0.1) is 0 Å². The van der Waals surface area contributed by atoms with Crippen molar-refractivity contribution in [3.8, 4) is 0 Å². The highest BCUT2D eigenvalue weighted by molar-refractivity contribution is 5.93. The minimum absolute atomic E-state index is 0.114. The molecule has 2 saturated heterocycles. The summed E-state index contributed by atoms with van der Waals surface area (Å²) in [4.78, 5) is 14.1. The standard InChI is InChI=1S/C29H28N2O4/c1-20-18-31-26-17-24(35-28(31)30-27(20)32)25(34-26)19-33-29(21-11-5-2-6-12-21,22-13-7-3-8-14-22)23-15-9-4-10-16-23/h2-16,18,24-26,28H,17,19H2,1H3,(H,30,32)/t24-,25-,26+,28+/m0/s1. The number of nitrogens with one attached hydrogen (secondary N) is 1. The van der Waals surface area contributed by atoms with Crippen molar-refractivity contribution in [2.75, 3.05) is 6.61 Å². The van der Waals surface area contributed by atoms with E-state index in [4.69, 9.17) is 14.2 Å². The Kier molecular flexibility index (Phi) is 5.65. The zero-order valence-corrected chi connectivity index (χ0v) is 19.5. The Morgan fingerprint density at radius 2 is 1.43 bits per heavy atom. The van der Waals surface area contributed by atoms with E-state index in [9.17, 15) is 4.79 Å². The second kappa shape index (κ2) is 8.96. The first kappa shape index (κ1) is 22.0. The molecule has 6 nitrogen and oxygen atoms in total. The number of fused-ring (bicyclic) bond motifs is 4. The summed E-state index contributed by atoms with van der Waals surface area (Å²) >= 11 is 0. The number of hydrogen-bond acceptors (Lipinski definition) is 5. The summed E-state index contributed by atoms with van der Waals surface area (Å²) in [6.07, 6.45) is 1.43. The van der Waals surface area contributed by atoms with E-state index in [1.807, 2.05) is 65.7 Å². The highest BCUT2D eigenvalue weighted by Gasteiger charge is 2.49. The second-order valence-electron chi connectivity index (χ2n) is 9.21. The van der Waals surface area contributed by atoms with Crippen molar-refractivity contribution < 1.29 is 19.0 Å². The number of amides is 1. The quantitative estimate of drug-likeness (QED) is 0.552. The number of hydrogen-bond donors (Lipinski definition) is 1. The molecule has 0 saturated carbocycles. The van der Waals surface area contributed by atoms with Crippen molar-refractivity contribution in [2.24, 2.45) is 0 Å². The van der Waals surface area contributed by atoms with Gasteiger partial charge in [0.05, 0.1) is 12.7 Å². The van der Waals surface area contributed by atoms with E-state index >= 15 is 0 Å². The minimum atomic E-state index is -0.818. The Morgan fingerprint density at radius 1 is 0.886 bits per heavy atom. The van der Waals surface area contributed by atoms with Gasteiger partial charge in [-0.2, -0.15) is 0 Å². The molecule has 6 rings (SSSR count). The lowest BCUT2D eigenvalue weighted by molar-refractivity contribution is -0.163. The number of ether oxygens (including phenoxy) is 3. The van der Waals surface area contributed by atoms with Crippen LogP contribution in [0.3, 0.4) is 0 Å². The summed E-state index contributed by atoms with van der Waals surface area (Å²) in [5, 5.41) is 2.92. The minimum Gasteiger partial charge on any atom is -0.358 e. The molecule has 3 aliphatic heterocycles. The molecule has 3 aliphatic rings. The van der Waals surface area contributed by atoms with Gasteiger partial charge in [0.15, 0.2) is 0 Å². The van der Waals surface area contributed by atoms with Crippen LogP contribution in [0.15, 0.2) is 103 Å². The third kappa shape index (κ3) is 3.84. The van der Waals surface area contributed by atoms with Gasteiger partial charge in [0.25, 0.3) is 5.91 Å². The van der Waals surface area contributed by atoms with Crippen LogP contribution in [-0.2, 0) is 24.6 Å². The Labute approximate surface area is 205 Å². The van der Waals surface area contributed by atoms with E-state index in [0.717, 1.165) is 23.1 Å². The van der Waals surface area contributed by atoms with E-state index in [1.165, 1.54) is 0 Å². The molecule has 0 aliphatic carbocycles. The van der Waals surface area contributed by atoms with Gasteiger partial charge in [-0.15, -0.1) is 0 Å². The molecule has 3 heterocycles. The SMILES string of the molecule is CC1=CN2[C@H]3C[C@H](O[C@@H]2NC1=O)[C@H](COC(c1ccccc1)(c1ccccc1)c1ccccc1)O3. The zero-order chi connectivity index (χ0) is 23.8. The van der Waals surface area contributed by atoms with Crippen LogP contribution in [0.1, 0.15) is 30.0 Å². The van der Waals surface area contributed by atoms with Crippen LogP contribution in [0.25, 0.3) is 0 Å². The van der Waals surface area contributed by atoms with E-state index < -0.39 is 12.0 Å². The molecule has 2 fully saturated rings. The van der Waals surface area contributed by atoms with E-state index in [-0.39, 0.29) is 24.3 Å². The molecule has 2 bridgehead atoms. The zero-order valence-electron chi connectivity index (χ0n) is 19.5. The van der Waals surface area contributed by atoms with Crippen molar-refractivity contribution >= 4 is 5.91 Å². The van der Waals surface area contributed by atoms with Crippen molar-refractivity contribution in [3.63, 3.8) is 0 Å². The number of rotatable bonds is 6. The van der Waals surface area contributed by atoms with Crippen LogP contribution in [0.5, 0.6) is 0 Å². The lowest BCUT2D eigenvalue weighted by Crippen LogP contribution is -2.58. The summed E-state index contributed by atoms with van der Waals surface area (Å²) in [5.74, 6) is -0.114. The van der Waals surface area contributed by atoms with E-state index in [2.05, 4.69) is 41.7 Å². The number of nitrogens with zero attached hydrogens (tertiary/aromatic N) is 1. The monoisotopic (exact) mass is 468 g/mol. The predicted molar refractivity (Wildman–Crippen MR) is 131 cm³/mol. The molecule has 1 N–H and O–H groups in total. The van der Waals surface area contributed by atoms with Crippen molar-refractivity contribution in [3.05, 3.63) is 119 Å². The molecular weight excluding hydrogens is 440 g/mol. The second-order valence-corrected chi connectivity index (χ2v) is 9.21. The average molecular weight is 469 g/mol. The molecule has 0 aromatic heterocycles. The smallest absolute Gasteiger partial charge is 0.251 e. The maximum Gasteiger partial charge on any atom is 0.251 e. The maximum atomic E-state index is 12.1. The van der Waals surface area contributed by atoms with Gasteiger partial charge in [0, 0.05) is 18.2 Å². The van der Waals surface area contributed by atoms with Crippen molar-refractivity contribution in [1.29, 1.82) is 0 Å². The van der Waals surface area contributed by atoms with Crippen LogP contribution in [-0.4, -0.2) is 42.2 Å². The first-order chi connectivity index (χ1) is 17.1. The van der Waals surface area contributed by atoms with E-state index in [0.29, 0.717) is 12.2 Å². The molecule has 35 heavy (non-hydrogen) atoms. The first-order valence-electron chi connectivity index (χ1n) is 12.0. The number of carbonyl (C=O) groups excluding carboxylic acids is 1. The number of benzene rings is 3. The largest absolute Gasteiger partial charge is 0.358 e. The third-order valence-electron chi connectivity index (χ3n) is 7.05. The summed E-state index contributed by atoms with van der Waals surface area (Å²) in [6.45, 7) is 2.12. The Bertz CT molecular complexity index is 1120. The predicted octanol–water partition coefficient (Wildman–Crippen LogP) is 4.13. The Hall–Kier alpha value is -3.45. The van der Waals surface area contributed by atoms with Gasteiger partial charge in [-0.3, -0.25) is 4.79 Å². The summed E-state index contributed by atoms with van der Waals surface area (Å²) < 4.78 is 19.6. The fourth-order valence-electron chi connectivity index (χ4n) is 5.31. The van der Waals surface area contributed by atoms with Gasteiger partial charge >= 0.3 is 0 Å². The maximum absolute atomic E-state index is 12.1. The topological polar surface area (TPSA) is 60.0 Å². The van der Waals surface area contributed by atoms with Gasteiger partial charge in [0.2, 0.25) is 6.35 Å². The van der Waals surface area contributed by atoms with Gasteiger partial charge in [-0.1, -0.05) is 91.0 Å². The molecule has 0 radical (unpaired) electrons. The molecule has 0 spiro atoms. The molecule has 6 heteroatoms. The third-order valence-corrected chi connectivity index (χ3v) is 7.05. The van der Waals surface area contributed by atoms with Crippen molar-refractivity contribution in [1.82, 2.24) is 10.2 Å². The molecule has 3 aromatic rings. The van der Waals surface area contributed by atoms with Crippen LogP contribution in [0.2, 0.25) is 0 Å². The molecular formula is C29H28N2O4. The normalized spacial score (nSPS) is 25.6. The highest BCUT2D eigenvalue weighted by atomic mass is 16.6. The average Bonchev–Trinajstić information content (AvgIpc) is 3.24. The summed E-state index contributed by atoms with van der Waals surface area (Å²) in [6, 6.07) is 30.9. The highest BCUT2D eigenvalue weighted by Crippen LogP contribution is 2.42. The van der Waals surface area contributed by atoms with Gasteiger partial charge in [-0.05, 0) is 23.6 Å². The molecule has 1 amide bonds. The fourth-order valence-corrected chi connectivity index (χ4v) is 5.31. The van der Waals surface area contributed by atoms with Gasteiger partial charge in [0.1, 0.15) is 17.9 Å². The Morgan fingerprint density at radius 3 is 1.97 bits per heavy atom. The molecule has 0 unspecified atom stereocenters. The van der Waals surface area contributed by atoms with Crippen LogP contribution < -0.4 is 5.32 Å². The number of carbonyl (C=O) groups is 1.